The summed E-state index contributed by atoms with van der Waals surface area (Å²) in [5.41, 5.74) is 6.05. The van der Waals surface area contributed by atoms with Gasteiger partial charge < -0.3 is 10.2 Å². The van der Waals surface area contributed by atoms with Crippen LogP contribution in [0, 0.1) is 5.41 Å². The Morgan fingerprint density at radius 1 is 0.944 bits per heavy atom. The number of para-hydroxylation sites is 2. The van der Waals surface area contributed by atoms with E-state index in [-0.39, 0.29) is 23.5 Å². The lowest BCUT2D eigenvalue weighted by Crippen LogP contribution is -2.40. The third-order valence-corrected chi connectivity index (χ3v) is 7.09. The van der Waals surface area contributed by atoms with Crippen molar-refractivity contribution in [1.82, 2.24) is 0 Å². The lowest BCUT2D eigenvalue weighted by molar-refractivity contribution is -0.119. The predicted molar refractivity (Wildman–Crippen MR) is 146 cm³/mol. The minimum atomic E-state index is -0.507. The van der Waals surface area contributed by atoms with E-state index in [0.717, 1.165) is 40.3 Å². The summed E-state index contributed by atoms with van der Waals surface area (Å²) in [5.74, 6) is 0.0595. The van der Waals surface area contributed by atoms with Crippen LogP contribution in [0.5, 0.6) is 0 Å². The molecule has 5 heteroatoms. The maximum atomic E-state index is 14.1. The maximum absolute atomic E-state index is 14.1. The summed E-state index contributed by atoms with van der Waals surface area (Å²) >= 11 is 0. The number of nitrogens with one attached hydrogen (secondary N) is 1. The van der Waals surface area contributed by atoms with E-state index < -0.39 is 6.04 Å². The monoisotopic (exact) mass is 479 g/mol. The normalized spacial score (nSPS) is 18.6. The number of nitrogens with zero attached hydrogens (tertiary/aromatic N) is 2. The topological polar surface area (TPSA) is 52.7 Å². The molecular formula is C31H33N3O2. The minimum Gasteiger partial charge on any atom is -0.378 e. The van der Waals surface area contributed by atoms with Crippen molar-refractivity contribution in [2.24, 2.45) is 5.41 Å². The standard InChI is InChI=1S/C31H33N3O2/c1-31(2)19-25-29(27(35)20-31)30(22-14-16-23(17-15-22)33(3)4)34(26-13-9-8-12-24(26)32-25)28(36)18-21-10-6-5-7-11-21/h5-17,30,32H,18-20H2,1-4H3. The van der Waals surface area contributed by atoms with Gasteiger partial charge in [-0.3, -0.25) is 14.5 Å². The fourth-order valence-corrected chi connectivity index (χ4v) is 5.39. The fraction of sp³-hybridized carbons (Fsp3) is 0.290. The number of ketones is 1. The Kier molecular flexibility index (Phi) is 6.17. The highest BCUT2D eigenvalue weighted by Crippen LogP contribution is 2.48. The summed E-state index contributed by atoms with van der Waals surface area (Å²) in [6.07, 6.45) is 1.45. The zero-order valence-corrected chi connectivity index (χ0v) is 21.4. The van der Waals surface area contributed by atoms with Crippen molar-refractivity contribution < 1.29 is 9.59 Å². The van der Waals surface area contributed by atoms with Gasteiger partial charge in [0, 0.05) is 37.5 Å². The van der Waals surface area contributed by atoms with E-state index in [2.05, 4.69) is 31.3 Å². The first-order chi connectivity index (χ1) is 17.2. The molecule has 0 saturated heterocycles. The van der Waals surface area contributed by atoms with Crippen LogP contribution in [0.15, 0.2) is 90.1 Å². The van der Waals surface area contributed by atoms with Crippen LogP contribution in [0.1, 0.15) is 43.9 Å². The number of carbonyl (C=O) groups excluding carboxylic acids is 2. The number of hydrogen-bond donors (Lipinski definition) is 1. The molecule has 3 aromatic carbocycles. The molecule has 1 aliphatic carbocycles. The van der Waals surface area contributed by atoms with Crippen LogP contribution in [0.2, 0.25) is 0 Å². The first-order valence-corrected chi connectivity index (χ1v) is 12.5. The summed E-state index contributed by atoms with van der Waals surface area (Å²) in [7, 11) is 4.01. The average molecular weight is 480 g/mol. The number of allylic oxidation sites excluding steroid dienone is 1. The Labute approximate surface area is 213 Å². The molecule has 1 unspecified atom stereocenters. The van der Waals surface area contributed by atoms with Gasteiger partial charge in [-0.25, -0.2) is 0 Å². The lowest BCUT2D eigenvalue weighted by Gasteiger charge is -2.37. The zero-order chi connectivity index (χ0) is 25.4. The minimum absolute atomic E-state index is 0.0384. The fourth-order valence-electron chi connectivity index (χ4n) is 5.39. The third kappa shape index (κ3) is 4.53. The molecule has 5 nitrogen and oxygen atoms in total. The van der Waals surface area contributed by atoms with Crippen molar-refractivity contribution in [2.45, 2.75) is 39.2 Å². The van der Waals surface area contributed by atoms with Crippen LogP contribution in [-0.2, 0) is 16.0 Å². The molecule has 0 aromatic heterocycles. The van der Waals surface area contributed by atoms with Crippen LogP contribution < -0.4 is 15.1 Å². The van der Waals surface area contributed by atoms with Gasteiger partial charge in [0.05, 0.1) is 23.8 Å². The largest absolute Gasteiger partial charge is 0.378 e. The molecule has 1 heterocycles. The number of anilines is 3. The second-order valence-corrected chi connectivity index (χ2v) is 10.8. The summed E-state index contributed by atoms with van der Waals surface area (Å²) in [6, 6.07) is 25.4. The number of rotatable bonds is 4. The quantitative estimate of drug-likeness (QED) is 0.488. The van der Waals surface area contributed by atoms with E-state index >= 15 is 0 Å². The van der Waals surface area contributed by atoms with Gasteiger partial charge in [0.2, 0.25) is 5.91 Å². The number of benzene rings is 3. The number of Topliss-reactive ketones (excluding diaryl/α,β-unsaturated/α-hetero) is 1. The molecule has 0 saturated carbocycles. The molecule has 1 atom stereocenters. The second-order valence-electron chi connectivity index (χ2n) is 10.8. The van der Waals surface area contributed by atoms with Gasteiger partial charge in [-0.2, -0.15) is 0 Å². The molecule has 5 rings (SSSR count). The van der Waals surface area contributed by atoms with E-state index in [1.165, 1.54) is 0 Å². The highest BCUT2D eigenvalue weighted by Gasteiger charge is 2.43. The van der Waals surface area contributed by atoms with E-state index in [1.54, 1.807) is 0 Å². The Hall–Kier alpha value is -3.86. The number of fused-ring (bicyclic) bond motifs is 1. The summed E-state index contributed by atoms with van der Waals surface area (Å²) in [6.45, 7) is 4.26. The smallest absolute Gasteiger partial charge is 0.232 e. The zero-order valence-electron chi connectivity index (χ0n) is 21.4. The maximum Gasteiger partial charge on any atom is 0.232 e. The number of hydrogen-bond acceptors (Lipinski definition) is 4. The molecule has 1 N–H and O–H groups in total. The number of amides is 1. The molecule has 0 bridgehead atoms. The predicted octanol–water partition coefficient (Wildman–Crippen LogP) is 6.14. The van der Waals surface area contributed by atoms with Crippen LogP contribution in [0.3, 0.4) is 0 Å². The molecule has 2 aliphatic rings. The van der Waals surface area contributed by atoms with Crippen LogP contribution in [-0.4, -0.2) is 25.8 Å². The van der Waals surface area contributed by atoms with Crippen LogP contribution in [0.25, 0.3) is 0 Å². The SMILES string of the molecule is CN(C)c1ccc(C2C3=C(CC(C)(C)CC3=O)Nc3ccccc3N2C(=O)Cc2ccccc2)cc1. The molecule has 0 fully saturated rings. The Bertz CT molecular complexity index is 1320. The van der Waals surface area contributed by atoms with Crippen molar-refractivity contribution in [1.29, 1.82) is 0 Å². The van der Waals surface area contributed by atoms with E-state index in [4.69, 9.17) is 0 Å². The summed E-state index contributed by atoms with van der Waals surface area (Å²) in [4.78, 5) is 31.8. The summed E-state index contributed by atoms with van der Waals surface area (Å²) in [5, 5.41) is 3.58. The van der Waals surface area contributed by atoms with Crippen molar-refractivity contribution >= 4 is 28.8 Å². The first-order valence-electron chi connectivity index (χ1n) is 12.5. The molecule has 1 amide bonds. The van der Waals surface area contributed by atoms with E-state index in [9.17, 15) is 9.59 Å². The average Bonchev–Trinajstić information content (AvgIpc) is 2.98. The molecular weight excluding hydrogens is 446 g/mol. The van der Waals surface area contributed by atoms with Crippen molar-refractivity contribution in [3.05, 3.63) is 101 Å². The number of carbonyl (C=O) groups is 2. The third-order valence-electron chi connectivity index (χ3n) is 7.09. The molecule has 0 spiro atoms. The van der Waals surface area contributed by atoms with Crippen molar-refractivity contribution in [3.63, 3.8) is 0 Å². The van der Waals surface area contributed by atoms with Gasteiger partial charge in [0.25, 0.3) is 0 Å². The van der Waals surface area contributed by atoms with Gasteiger partial charge in [0.1, 0.15) is 0 Å². The van der Waals surface area contributed by atoms with Crippen molar-refractivity contribution in [2.75, 3.05) is 29.2 Å². The van der Waals surface area contributed by atoms with Gasteiger partial charge in [0.15, 0.2) is 5.78 Å². The Balaban J connectivity index is 1.71. The molecule has 0 radical (unpaired) electrons. The Morgan fingerprint density at radius 3 is 2.31 bits per heavy atom. The summed E-state index contributed by atoms with van der Waals surface area (Å²) < 4.78 is 0. The van der Waals surface area contributed by atoms with Crippen molar-refractivity contribution in [3.8, 4) is 0 Å². The molecule has 184 valence electrons. The van der Waals surface area contributed by atoms with Crippen LogP contribution >= 0.6 is 0 Å². The van der Waals surface area contributed by atoms with Gasteiger partial charge in [-0.1, -0.05) is 68.4 Å². The Morgan fingerprint density at radius 2 is 1.61 bits per heavy atom. The lowest BCUT2D eigenvalue weighted by atomic mass is 9.73. The first kappa shape index (κ1) is 23.9. The molecule has 36 heavy (non-hydrogen) atoms. The molecule has 3 aromatic rings. The van der Waals surface area contributed by atoms with Crippen LogP contribution in [0.4, 0.5) is 17.1 Å². The van der Waals surface area contributed by atoms with Gasteiger partial charge in [-0.05, 0) is 47.2 Å². The van der Waals surface area contributed by atoms with E-state index in [0.29, 0.717) is 12.0 Å². The molecule has 1 aliphatic heterocycles. The highest BCUT2D eigenvalue weighted by molar-refractivity contribution is 6.06. The van der Waals surface area contributed by atoms with Gasteiger partial charge in [-0.15, -0.1) is 0 Å². The van der Waals surface area contributed by atoms with E-state index in [1.807, 2.05) is 90.6 Å². The van der Waals surface area contributed by atoms with Gasteiger partial charge >= 0.3 is 0 Å². The second kappa shape index (κ2) is 9.30. The highest BCUT2D eigenvalue weighted by atomic mass is 16.2.